The van der Waals surface area contributed by atoms with Crippen LogP contribution in [0.1, 0.15) is 29.8 Å². The van der Waals surface area contributed by atoms with Gasteiger partial charge in [0.2, 0.25) is 5.91 Å². The molecular weight excluding hydrogens is 376 g/mol. The molecule has 0 N–H and O–H groups in total. The molecule has 0 atom stereocenters. The molecule has 2 heterocycles. The molecule has 0 unspecified atom stereocenters. The topological polar surface area (TPSA) is 60.2 Å². The Balaban J connectivity index is 1.29. The summed E-state index contributed by atoms with van der Waals surface area (Å²) < 4.78 is 7.39. The summed E-state index contributed by atoms with van der Waals surface area (Å²) in [5.74, 6) is 2.54. The Morgan fingerprint density at radius 1 is 1.07 bits per heavy atom. The van der Waals surface area contributed by atoms with Gasteiger partial charge in [-0.1, -0.05) is 42.5 Å². The van der Waals surface area contributed by atoms with Gasteiger partial charge in [0, 0.05) is 19.5 Å². The molecule has 0 aliphatic carbocycles. The van der Waals surface area contributed by atoms with Crippen LogP contribution in [0.3, 0.4) is 0 Å². The van der Waals surface area contributed by atoms with Gasteiger partial charge < -0.3 is 14.2 Å². The molecule has 30 heavy (non-hydrogen) atoms. The van der Waals surface area contributed by atoms with Crippen LogP contribution in [0.25, 0.3) is 0 Å². The molecule has 1 saturated heterocycles. The summed E-state index contributed by atoms with van der Waals surface area (Å²) in [7, 11) is 1.65. The van der Waals surface area contributed by atoms with E-state index in [4.69, 9.17) is 4.74 Å². The van der Waals surface area contributed by atoms with E-state index >= 15 is 0 Å². The maximum absolute atomic E-state index is 12.7. The number of aromatic nitrogens is 3. The average Bonchev–Trinajstić information content (AvgIpc) is 3.21. The Hall–Kier alpha value is -3.15. The fourth-order valence-electron chi connectivity index (χ4n) is 4.06. The highest BCUT2D eigenvalue weighted by atomic mass is 16.5. The third-order valence-corrected chi connectivity index (χ3v) is 5.82. The van der Waals surface area contributed by atoms with Gasteiger partial charge in [-0.25, -0.2) is 0 Å². The number of amides is 1. The van der Waals surface area contributed by atoms with Crippen LogP contribution in [0.2, 0.25) is 0 Å². The molecule has 1 amide bonds. The zero-order valence-corrected chi connectivity index (χ0v) is 17.4. The van der Waals surface area contributed by atoms with E-state index in [1.54, 1.807) is 7.11 Å². The van der Waals surface area contributed by atoms with Gasteiger partial charge in [-0.3, -0.25) is 4.79 Å². The second-order valence-electron chi connectivity index (χ2n) is 7.92. The van der Waals surface area contributed by atoms with E-state index in [0.29, 0.717) is 12.3 Å². The highest BCUT2D eigenvalue weighted by Gasteiger charge is 2.24. The zero-order chi connectivity index (χ0) is 20.8. The molecule has 3 aromatic rings. The van der Waals surface area contributed by atoms with Crippen molar-refractivity contribution in [2.45, 2.75) is 32.2 Å². The number of carbonyl (C=O) groups is 1. The molecule has 1 aliphatic rings. The van der Waals surface area contributed by atoms with Crippen molar-refractivity contribution in [2.24, 2.45) is 5.92 Å². The second-order valence-corrected chi connectivity index (χ2v) is 7.92. The van der Waals surface area contributed by atoms with Gasteiger partial charge in [0.1, 0.15) is 17.9 Å². The van der Waals surface area contributed by atoms with Crippen molar-refractivity contribution in [3.63, 3.8) is 0 Å². The molecular formula is C24H28N4O2. The van der Waals surface area contributed by atoms with Crippen molar-refractivity contribution in [1.82, 2.24) is 19.7 Å². The molecule has 4 rings (SSSR count). The van der Waals surface area contributed by atoms with Crippen LogP contribution in [-0.4, -0.2) is 45.8 Å². The van der Waals surface area contributed by atoms with E-state index < -0.39 is 0 Å². The largest absolute Gasteiger partial charge is 0.497 e. The first-order valence-corrected chi connectivity index (χ1v) is 10.5. The van der Waals surface area contributed by atoms with Gasteiger partial charge >= 0.3 is 0 Å². The van der Waals surface area contributed by atoms with Gasteiger partial charge in [-0.05, 0) is 42.0 Å². The molecule has 6 heteroatoms. The monoisotopic (exact) mass is 404 g/mol. The Kier molecular flexibility index (Phi) is 6.42. The fourth-order valence-corrected chi connectivity index (χ4v) is 4.06. The van der Waals surface area contributed by atoms with Crippen LogP contribution >= 0.6 is 0 Å². The summed E-state index contributed by atoms with van der Waals surface area (Å²) in [4.78, 5) is 14.7. The quantitative estimate of drug-likeness (QED) is 0.606. The number of rotatable bonds is 7. The Morgan fingerprint density at radius 3 is 2.60 bits per heavy atom. The van der Waals surface area contributed by atoms with Crippen molar-refractivity contribution in [1.29, 1.82) is 0 Å². The number of hydrogen-bond acceptors (Lipinski definition) is 4. The Morgan fingerprint density at radius 2 is 1.83 bits per heavy atom. The van der Waals surface area contributed by atoms with Crippen LogP contribution in [0.4, 0.5) is 0 Å². The fraction of sp³-hybridized carbons (Fsp3) is 0.375. The lowest BCUT2D eigenvalue weighted by atomic mass is 9.93. The van der Waals surface area contributed by atoms with E-state index in [1.807, 2.05) is 41.6 Å². The molecule has 1 fully saturated rings. The molecule has 156 valence electrons. The predicted octanol–water partition coefficient (Wildman–Crippen LogP) is 3.36. The lowest BCUT2D eigenvalue weighted by Gasteiger charge is -2.32. The molecule has 1 aromatic heterocycles. The van der Waals surface area contributed by atoms with Gasteiger partial charge in [0.05, 0.1) is 20.1 Å². The third kappa shape index (κ3) is 5.06. The molecule has 0 bridgehead atoms. The predicted molar refractivity (Wildman–Crippen MR) is 115 cm³/mol. The number of benzene rings is 2. The van der Waals surface area contributed by atoms with E-state index in [0.717, 1.165) is 56.0 Å². The summed E-state index contributed by atoms with van der Waals surface area (Å²) in [6.07, 6.45) is 5.15. The van der Waals surface area contributed by atoms with Gasteiger partial charge in [0.15, 0.2) is 0 Å². The van der Waals surface area contributed by atoms with Crippen LogP contribution in [0.15, 0.2) is 60.9 Å². The normalized spacial score (nSPS) is 14.6. The van der Waals surface area contributed by atoms with E-state index in [9.17, 15) is 4.79 Å². The number of piperidine rings is 1. The van der Waals surface area contributed by atoms with Crippen LogP contribution in [0, 0.1) is 5.92 Å². The minimum Gasteiger partial charge on any atom is -0.497 e. The maximum Gasteiger partial charge on any atom is 0.226 e. The number of likely N-dealkylation sites (tertiary alicyclic amines) is 1. The van der Waals surface area contributed by atoms with Crippen molar-refractivity contribution in [2.75, 3.05) is 20.2 Å². The summed E-state index contributed by atoms with van der Waals surface area (Å²) in [6, 6.07) is 18.1. The summed E-state index contributed by atoms with van der Waals surface area (Å²) in [5, 5.41) is 8.48. The lowest BCUT2D eigenvalue weighted by molar-refractivity contribution is -0.131. The van der Waals surface area contributed by atoms with Crippen molar-refractivity contribution in [3.05, 3.63) is 77.9 Å². The van der Waals surface area contributed by atoms with Crippen molar-refractivity contribution >= 4 is 5.91 Å². The van der Waals surface area contributed by atoms with E-state index in [2.05, 4.69) is 39.0 Å². The van der Waals surface area contributed by atoms with Crippen LogP contribution in [0.5, 0.6) is 5.75 Å². The van der Waals surface area contributed by atoms with Gasteiger partial charge in [-0.2, -0.15) is 0 Å². The van der Waals surface area contributed by atoms with E-state index in [-0.39, 0.29) is 5.91 Å². The average molecular weight is 405 g/mol. The maximum atomic E-state index is 12.7. The molecule has 0 saturated carbocycles. The smallest absolute Gasteiger partial charge is 0.226 e. The summed E-state index contributed by atoms with van der Waals surface area (Å²) in [5.41, 5.74) is 2.24. The first-order valence-electron chi connectivity index (χ1n) is 10.5. The van der Waals surface area contributed by atoms with E-state index in [1.165, 1.54) is 5.56 Å². The number of nitrogens with zero attached hydrogens (tertiary/aromatic N) is 4. The SMILES string of the molecule is COc1cccc(CC(=O)N2CCC(Cc3nncn3Cc3ccccc3)CC2)c1. The highest BCUT2D eigenvalue weighted by Crippen LogP contribution is 2.22. The number of hydrogen-bond donors (Lipinski definition) is 0. The minimum atomic E-state index is 0.189. The number of methoxy groups -OCH3 is 1. The number of carbonyl (C=O) groups excluding carboxylic acids is 1. The Bertz CT molecular complexity index is 962. The lowest BCUT2D eigenvalue weighted by Crippen LogP contribution is -2.39. The second kappa shape index (κ2) is 9.57. The highest BCUT2D eigenvalue weighted by molar-refractivity contribution is 5.79. The zero-order valence-electron chi connectivity index (χ0n) is 17.4. The van der Waals surface area contributed by atoms with Crippen LogP contribution < -0.4 is 4.74 Å². The Labute approximate surface area is 177 Å². The van der Waals surface area contributed by atoms with Crippen molar-refractivity contribution < 1.29 is 9.53 Å². The molecule has 6 nitrogen and oxygen atoms in total. The van der Waals surface area contributed by atoms with Gasteiger partial charge in [0.25, 0.3) is 0 Å². The molecule has 2 aromatic carbocycles. The number of ether oxygens (including phenoxy) is 1. The van der Waals surface area contributed by atoms with Gasteiger partial charge in [-0.15, -0.1) is 10.2 Å². The summed E-state index contributed by atoms with van der Waals surface area (Å²) >= 11 is 0. The summed E-state index contributed by atoms with van der Waals surface area (Å²) in [6.45, 7) is 2.40. The van der Waals surface area contributed by atoms with Crippen LogP contribution in [-0.2, 0) is 24.2 Å². The molecule has 0 spiro atoms. The standard InChI is InChI=1S/C24H28N4O2/c1-30-22-9-5-8-21(14-22)16-24(29)27-12-10-19(11-13-27)15-23-26-25-18-28(23)17-20-6-3-2-4-7-20/h2-9,14,18-19H,10-13,15-17H2,1H3. The molecule has 1 aliphatic heterocycles. The van der Waals surface area contributed by atoms with Crippen molar-refractivity contribution in [3.8, 4) is 5.75 Å². The minimum absolute atomic E-state index is 0.189. The first-order chi connectivity index (χ1) is 14.7. The molecule has 0 radical (unpaired) electrons. The third-order valence-electron chi connectivity index (χ3n) is 5.82. The first kappa shape index (κ1) is 20.1.